The van der Waals surface area contributed by atoms with E-state index in [-0.39, 0.29) is 6.54 Å². The molecule has 20 heavy (non-hydrogen) atoms. The minimum absolute atomic E-state index is 0.190. The van der Waals surface area contributed by atoms with E-state index >= 15 is 0 Å². The zero-order valence-electron chi connectivity index (χ0n) is 10.7. The second-order valence-electron chi connectivity index (χ2n) is 3.67. The molecule has 0 saturated carbocycles. The summed E-state index contributed by atoms with van der Waals surface area (Å²) in [6.07, 6.45) is 1.04. The number of methoxy groups -OCH3 is 1. The number of hydrogen-bond acceptors (Lipinski definition) is 7. The van der Waals surface area contributed by atoms with Crippen LogP contribution in [-0.2, 0) is 20.7 Å². The smallest absolute Gasteiger partial charge is 0.326 e. The van der Waals surface area contributed by atoms with Crippen LogP contribution in [0.4, 0.5) is 4.79 Å². The number of carboxylic acid groups (broad SMARTS) is 1. The van der Waals surface area contributed by atoms with E-state index in [1.165, 1.54) is 0 Å². The normalized spacial score (nSPS) is 11.4. The quantitative estimate of drug-likeness (QED) is 0.537. The maximum Gasteiger partial charge on any atom is 0.326 e. The van der Waals surface area contributed by atoms with Crippen LogP contribution in [0.15, 0.2) is 10.9 Å². The first kappa shape index (κ1) is 15.4. The van der Waals surface area contributed by atoms with E-state index in [1.807, 2.05) is 0 Å². The Labute approximate surface area is 113 Å². The number of nitrogens with zero attached hydrogens (tertiary/aromatic N) is 2. The molecule has 0 fully saturated rings. The summed E-state index contributed by atoms with van der Waals surface area (Å²) in [6, 6.07) is -2.07. The highest BCUT2D eigenvalue weighted by Gasteiger charge is 2.23. The van der Waals surface area contributed by atoms with Gasteiger partial charge in [0.15, 0.2) is 5.82 Å². The molecule has 0 bridgehead atoms. The lowest BCUT2D eigenvalue weighted by atomic mass is 10.2. The first-order chi connectivity index (χ1) is 9.52. The van der Waals surface area contributed by atoms with Crippen molar-refractivity contribution in [3.63, 3.8) is 0 Å². The summed E-state index contributed by atoms with van der Waals surface area (Å²) in [5, 5.41) is 17.0. The molecule has 0 aliphatic rings. The van der Waals surface area contributed by atoms with Crippen LogP contribution < -0.4 is 10.6 Å². The van der Waals surface area contributed by atoms with Crippen molar-refractivity contribution in [2.75, 3.05) is 13.7 Å². The summed E-state index contributed by atoms with van der Waals surface area (Å²) in [6.45, 7) is 0.190. The number of aromatic nitrogens is 2. The lowest BCUT2D eigenvalue weighted by Gasteiger charge is -2.13. The Morgan fingerprint density at radius 1 is 1.50 bits per heavy atom. The molecule has 1 heterocycles. The lowest BCUT2D eigenvalue weighted by Crippen LogP contribution is -2.47. The number of aliphatic carboxylic acids is 1. The molecular formula is C10H14N4O6. The van der Waals surface area contributed by atoms with Crippen molar-refractivity contribution in [1.29, 1.82) is 0 Å². The topological polar surface area (TPSA) is 144 Å². The van der Waals surface area contributed by atoms with Crippen LogP contribution in [0.1, 0.15) is 12.2 Å². The van der Waals surface area contributed by atoms with Gasteiger partial charge in [-0.15, -0.1) is 0 Å². The fourth-order valence-corrected chi connectivity index (χ4v) is 1.25. The number of hydrogen-bond donors (Lipinski definition) is 3. The van der Waals surface area contributed by atoms with Gasteiger partial charge in [-0.2, -0.15) is 4.98 Å². The molecule has 3 N–H and O–H groups in total. The molecule has 0 spiro atoms. The van der Waals surface area contributed by atoms with E-state index in [2.05, 4.69) is 30.0 Å². The van der Waals surface area contributed by atoms with Gasteiger partial charge in [0, 0.05) is 13.0 Å². The van der Waals surface area contributed by atoms with Gasteiger partial charge >= 0.3 is 18.0 Å². The number of nitrogens with one attached hydrogen (secondary N) is 2. The van der Waals surface area contributed by atoms with Gasteiger partial charge in [0.1, 0.15) is 6.04 Å². The Balaban J connectivity index is 2.34. The zero-order valence-corrected chi connectivity index (χ0v) is 10.7. The fraction of sp³-hybridized carbons (Fsp3) is 0.500. The van der Waals surface area contributed by atoms with Gasteiger partial charge in [-0.3, -0.25) is 4.79 Å². The summed E-state index contributed by atoms with van der Waals surface area (Å²) in [5.41, 5.74) is 0. The molecule has 10 heteroatoms. The number of carbonyl (C=O) groups excluding carboxylic acids is 2. The molecule has 0 aliphatic heterocycles. The fourth-order valence-electron chi connectivity index (χ4n) is 1.25. The summed E-state index contributed by atoms with van der Waals surface area (Å²) in [5.74, 6) is -1.65. The lowest BCUT2D eigenvalue weighted by molar-refractivity contribution is -0.147. The van der Waals surface area contributed by atoms with Gasteiger partial charge in [-0.05, 0) is 0 Å². The molecule has 0 saturated heterocycles. The zero-order chi connectivity index (χ0) is 15.0. The van der Waals surface area contributed by atoms with E-state index in [0.717, 1.165) is 13.5 Å². The largest absolute Gasteiger partial charge is 0.480 e. The molecule has 1 atom stereocenters. The first-order valence-electron chi connectivity index (χ1n) is 5.62. The number of urea groups is 1. The number of esters is 1. The van der Waals surface area contributed by atoms with Gasteiger partial charge in [0.25, 0.3) is 0 Å². The van der Waals surface area contributed by atoms with Crippen LogP contribution in [0.25, 0.3) is 0 Å². The van der Waals surface area contributed by atoms with Crippen molar-refractivity contribution in [1.82, 2.24) is 20.8 Å². The minimum Gasteiger partial charge on any atom is -0.480 e. The monoisotopic (exact) mass is 286 g/mol. The minimum atomic E-state index is -1.35. The standard InChI is InChI=1S/C10H14N4O6/c1-19-8(15)4-6(9(16)17)13-10(18)11-3-2-7-12-5-20-14-7/h5-6H,2-4H2,1H3,(H,16,17)(H2,11,13,18)/t6-/m0/s1. The summed E-state index contributed by atoms with van der Waals surface area (Å²) in [4.78, 5) is 37.1. The third kappa shape index (κ3) is 5.33. The average Bonchev–Trinajstić information content (AvgIpc) is 2.90. The number of carboxylic acids is 1. The Morgan fingerprint density at radius 3 is 2.80 bits per heavy atom. The van der Waals surface area contributed by atoms with Gasteiger partial charge in [0.05, 0.1) is 13.5 Å². The second kappa shape index (κ2) is 7.71. The average molecular weight is 286 g/mol. The van der Waals surface area contributed by atoms with Crippen molar-refractivity contribution in [2.24, 2.45) is 0 Å². The molecule has 2 amide bonds. The van der Waals surface area contributed by atoms with Crippen molar-refractivity contribution in [3.05, 3.63) is 12.2 Å². The van der Waals surface area contributed by atoms with E-state index in [9.17, 15) is 14.4 Å². The maximum atomic E-state index is 11.5. The van der Waals surface area contributed by atoms with Crippen LogP contribution in [0.2, 0.25) is 0 Å². The van der Waals surface area contributed by atoms with Crippen molar-refractivity contribution in [3.8, 4) is 0 Å². The van der Waals surface area contributed by atoms with E-state index in [0.29, 0.717) is 12.2 Å². The van der Waals surface area contributed by atoms with E-state index < -0.39 is 30.4 Å². The van der Waals surface area contributed by atoms with Gasteiger partial charge < -0.3 is 25.0 Å². The predicted octanol–water partition coefficient (Wildman–Crippen LogP) is -1.07. The number of rotatable bonds is 7. The third-order valence-corrected chi connectivity index (χ3v) is 2.24. The summed E-state index contributed by atoms with van der Waals surface area (Å²) >= 11 is 0. The van der Waals surface area contributed by atoms with Crippen molar-refractivity contribution >= 4 is 18.0 Å². The first-order valence-corrected chi connectivity index (χ1v) is 5.62. The van der Waals surface area contributed by atoms with E-state index in [4.69, 9.17) is 5.11 Å². The van der Waals surface area contributed by atoms with Crippen LogP contribution in [0.5, 0.6) is 0 Å². The van der Waals surface area contributed by atoms with Crippen molar-refractivity contribution < 1.29 is 28.8 Å². The molecule has 0 aromatic carbocycles. The number of ether oxygens (including phenoxy) is 1. The highest BCUT2D eigenvalue weighted by molar-refractivity contribution is 5.86. The number of amides is 2. The van der Waals surface area contributed by atoms with Gasteiger partial charge in [0.2, 0.25) is 6.39 Å². The van der Waals surface area contributed by atoms with E-state index in [1.54, 1.807) is 0 Å². The third-order valence-electron chi connectivity index (χ3n) is 2.24. The Morgan fingerprint density at radius 2 is 2.25 bits per heavy atom. The molecule has 1 aromatic heterocycles. The van der Waals surface area contributed by atoms with Crippen LogP contribution in [-0.4, -0.2) is 52.9 Å². The highest BCUT2D eigenvalue weighted by Crippen LogP contribution is 1.95. The molecule has 1 aromatic rings. The molecule has 110 valence electrons. The highest BCUT2D eigenvalue weighted by atomic mass is 16.5. The second-order valence-corrected chi connectivity index (χ2v) is 3.67. The molecule has 0 unspecified atom stereocenters. The van der Waals surface area contributed by atoms with Gasteiger partial charge in [-0.1, -0.05) is 5.16 Å². The predicted molar refractivity (Wildman–Crippen MR) is 62.6 cm³/mol. The number of carbonyl (C=O) groups is 3. The Bertz CT molecular complexity index is 460. The molecule has 0 aliphatic carbocycles. The summed E-state index contributed by atoms with van der Waals surface area (Å²) < 4.78 is 8.85. The van der Waals surface area contributed by atoms with Crippen molar-refractivity contribution in [2.45, 2.75) is 18.9 Å². The molecular weight excluding hydrogens is 272 g/mol. The summed E-state index contributed by atoms with van der Waals surface area (Å²) in [7, 11) is 1.13. The maximum absolute atomic E-state index is 11.5. The SMILES string of the molecule is COC(=O)C[C@H](NC(=O)NCCc1ncon1)C(=O)O. The Kier molecular flexibility index (Phi) is 5.94. The molecule has 0 radical (unpaired) electrons. The molecule has 1 rings (SSSR count). The van der Waals surface area contributed by atoms with Crippen LogP contribution in [0.3, 0.4) is 0 Å². The van der Waals surface area contributed by atoms with Crippen LogP contribution in [0, 0.1) is 0 Å². The molecule has 10 nitrogen and oxygen atoms in total. The Hall–Kier alpha value is -2.65. The van der Waals surface area contributed by atoms with Crippen LogP contribution >= 0.6 is 0 Å². The van der Waals surface area contributed by atoms with Gasteiger partial charge in [-0.25, -0.2) is 9.59 Å².